The Morgan fingerprint density at radius 3 is 1.88 bits per heavy atom. The van der Waals surface area contributed by atoms with Gasteiger partial charge in [0.1, 0.15) is 0 Å². The third kappa shape index (κ3) is 4.70. The Morgan fingerprint density at radius 2 is 1.52 bits per heavy atom. The number of anilines is 1. The van der Waals surface area contributed by atoms with E-state index in [9.17, 15) is 31.1 Å². The lowest BCUT2D eigenvalue weighted by Crippen LogP contribution is -2.72. The van der Waals surface area contributed by atoms with Crippen LogP contribution in [0.2, 0.25) is 0 Å². The molecule has 0 atom stereocenters. The summed E-state index contributed by atoms with van der Waals surface area (Å²) < 4.78 is 84.1. The van der Waals surface area contributed by atoms with Crippen LogP contribution in [0.1, 0.15) is 32.3 Å². The Bertz CT molecular complexity index is 567. The van der Waals surface area contributed by atoms with Gasteiger partial charge < -0.3 is 10.1 Å². The summed E-state index contributed by atoms with van der Waals surface area (Å²) in [4.78, 5) is 11.3. The van der Waals surface area contributed by atoms with Gasteiger partial charge >= 0.3 is 24.1 Å². The van der Waals surface area contributed by atoms with Crippen molar-refractivity contribution in [3.63, 3.8) is 0 Å². The maximum atomic E-state index is 13.3. The molecule has 10 heteroatoms. The van der Waals surface area contributed by atoms with Crippen LogP contribution >= 0.6 is 0 Å². The Morgan fingerprint density at radius 1 is 1.04 bits per heavy atom. The number of amides is 1. The maximum Gasteiger partial charge on any atom is 0.439 e. The SMILES string of the molecule is CCOC(=O)NC(Nc1ccc(C(C)C)cc1)(C(F)(F)F)C(F)(F)F. The monoisotopic (exact) mass is 372 g/mol. The first kappa shape index (κ1) is 20.9. The Balaban J connectivity index is 3.31. The second-order valence-corrected chi connectivity index (χ2v) is 5.49. The van der Waals surface area contributed by atoms with Crippen LogP contribution in [0.4, 0.5) is 36.8 Å². The molecule has 0 bridgehead atoms. The molecule has 25 heavy (non-hydrogen) atoms. The highest BCUT2D eigenvalue weighted by atomic mass is 19.4. The molecule has 0 fully saturated rings. The summed E-state index contributed by atoms with van der Waals surface area (Å²) >= 11 is 0. The van der Waals surface area contributed by atoms with Gasteiger partial charge in [0, 0.05) is 5.69 Å². The fraction of sp³-hybridized carbons (Fsp3) is 0.533. The lowest BCUT2D eigenvalue weighted by molar-refractivity contribution is -0.294. The van der Waals surface area contributed by atoms with Gasteiger partial charge in [0.15, 0.2) is 0 Å². The molecule has 0 aromatic heterocycles. The molecule has 0 heterocycles. The third-order valence-corrected chi connectivity index (χ3v) is 3.32. The summed E-state index contributed by atoms with van der Waals surface area (Å²) in [5.74, 6) is 0.0432. The van der Waals surface area contributed by atoms with Gasteiger partial charge in [-0.25, -0.2) is 4.79 Å². The second kappa shape index (κ2) is 7.40. The summed E-state index contributed by atoms with van der Waals surface area (Å²) in [6.07, 6.45) is -13.6. The first-order valence-electron chi connectivity index (χ1n) is 7.30. The van der Waals surface area contributed by atoms with Crippen LogP contribution in [-0.4, -0.2) is 30.7 Å². The van der Waals surface area contributed by atoms with E-state index >= 15 is 0 Å². The fourth-order valence-electron chi connectivity index (χ4n) is 1.96. The Labute approximate surface area is 140 Å². The van der Waals surface area contributed by atoms with Gasteiger partial charge in [-0.2, -0.15) is 26.3 Å². The largest absolute Gasteiger partial charge is 0.450 e. The van der Waals surface area contributed by atoms with Crippen molar-refractivity contribution in [3.8, 4) is 0 Å². The molecule has 0 aliphatic heterocycles. The number of halogens is 6. The molecule has 0 aliphatic rings. The predicted molar refractivity (Wildman–Crippen MR) is 79.2 cm³/mol. The number of rotatable bonds is 5. The highest BCUT2D eigenvalue weighted by molar-refractivity contribution is 5.69. The molecule has 4 nitrogen and oxygen atoms in total. The highest BCUT2D eigenvalue weighted by Crippen LogP contribution is 2.43. The summed E-state index contributed by atoms with van der Waals surface area (Å²) in [7, 11) is 0. The van der Waals surface area contributed by atoms with Gasteiger partial charge in [-0.1, -0.05) is 26.0 Å². The van der Waals surface area contributed by atoms with E-state index in [0.29, 0.717) is 0 Å². The van der Waals surface area contributed by atoms with Crippen LogP contribution in [0.5, 0.6) is 0 Å². The average molecular weight is 372 g/mol. The normalized spacial score (nSPS) is 12.9. The van der Waals surface area contributed by atoms with Crippen LogP contribution in [0.15, 0.2) is 24.3 Å². The molecule has 1 amide bonds. The minimum Gasteiger partial charge on any atom is -0.450 e. The minimum atomic E-state index is -5.88. The van der Waals surface area contributed by atoms with Crippen LogP contribution in [-0.2, 0) is 4.74 Å². The standard InChI is InChI=1S/C15H18F6N2O2/c1-4-25-12(24)23-13(14(16,17)18,15(19,20)21)22-11-7-5-10(6-8-11)9(2)3/h5-9,22H,4H2,1-3H3,(H,23,24). The molecule has 1 aromatic rings. The molecule has 0 saturated heterocycles. The summed E-state index contributed by atoms with van der Waals surface area (Å²) in [5.41, 5.74) is -4.42. The van der Waals surface area contributed by atoms with E-state index < -0.39 is 29.8 Å². The topological polar surface area (TPSA) is 50.4 Å². The molecule has 2 N–H and O–H groups in total. The van der Waals surface area contributed by atoms with Gasteiger partial charge in [0.2, 0.25) is 0 Å². The number of ether oxygens (including phenoxy) is 1. The van der Waals surface area contributed by atoms with Gasteiger partial charge in [0.05, 0.1) is 6.61 Å². The number of benzene rings is 1. The van der Waals surface area contributed by atoms with Crippen LogP contribution < -0.4 is 10.6 Å². The minimum absolute atomic E-state index is 0.0432. The van der Waals surface area contributed by atoms with Crippen molar-refractivity contribution in [2.75, 3.05) is 11.9 Å². The molecule has 1 rings (SSSR count). The Kier molecular flexibility index (Phi) is 6.19. The number of alkyl halides is 6. The number of nitrogens with one attached hydrogen (secondary N) is 2. The maximum absolute atomic E-state index is 13.3. The van der Waals surface area contributed by atoms with Crippen molar-refractivity contribution < 1.29 is 35.9 Å². The van der Waals surface area contributed by atoms with Gasteiger partial charge in [-0.05, 0) is 30.5 Å². The van der Waals surface area contributed by atoms with E-state index in [1.165, 1.54) is 24.4 Å². The predicted octanol–water partition coefficient (Wildman–Crippen LogP) is 4.79. The van der Waals surface area contributed by atoms with E-state index in [4.69, 9.17) is 0 Å². The lowest BCUT2D eigenvalue weighted by Gasteiger charge is -2.38. The van der Waals surface area contributed by atoms with Gasteiger partial charge in [-0.3, -0.25) is 5.32 Å². The molecule has 0 saturated carbocycles. The fourth-order valence-corrected chi connectivity index (χ4v) is 1.96. The molecular weight excluding hydrogens is 354 g/mol. The van der Waals surface area contributed by atoms with Crippen molar-refractivity contribution in [2.45, 2.75) is 44.7 Å². The van der Waals surface area contributed by atoms with Gasteiger partial charge in [-0.15, -0.1) is 0 Å². The first-order chi connectivity index (χ1) is 11.3. The molecule has 0 spiro atoms. The van der Waals surface area contributed by atoms with Crippen molar-refractivity contribution in [3.05, 3.63) is 29.8 Å². The zero-order valence-electron chi connectivity index (χ0n) is 13.7. The third-order valence-electron chi connectivity index (χ3n) is 3.32. The molecule has 142 valence electrons. The zero-order chi connectivity index (χ0) is 19.5. The van der Waals surface area contributed by atoms with Crippen molar-refractivity contribution >= 4 is 11.8 Å². The van der Waals surface area contributed by atoms with E-state index in [1.807, 2.05) is 13.8 Å². The quantitative estimate of drug-likeness (QED) is 0.577. The van der Waals surface area contributed by atoms with Gasteiger partial charge in [0.25, 0.3) is 0 Å². The number of hydrogen-bond acceptors (Lipinski definition) is 3. The number of carbonyl (C=O) groups is 1. The smallest absolute Gasteiger partial charge is 0.439 e. The van der Waals surface area contributed by atoms with Crippen molar-refractivity contribution in [2.24, 2.45) is 0 Å². The van der Waals surface area contributed by atoms with Crippen molar-refractivity contribution in [1.29, 1.82) is 0 Å². The molecule has 0 unspecified atom stereocenters. The molecule has 1 aromatic carbocycles. The summed E-state index contributed by atoms with van der Waals surface area (Å²) in [6.45, 7) is 4.50. The van der Waals surface area contributed by atoms with Crippen molar-refractivity contribution in [1.82, 2.24) is 5.32 Å². The van der Waals surface area contributed by atoms with E-state index in [2.05, 4.69) is 4.74 Å². The van der Waals surface area contributed by atoms with Crippen LogP contribution in [0.25, 0.3) is 0 Å². The summed E-state index contributed by atoms with van der Waals surface area (Å²) in [6, 6.07) is 4.95. The highest BCUT2D eigenvalue weighted by Gasteiger charge is 2.73. The van der Waals surface area contributed by atoms with E-state index in [0.717, 1.165) is 23.0 Å². The van der Waals surface area contributed by atoms with Crippen LogP contribution in [0, 0.1) is 0 Å². The zero-order valence-corrected chi connectivity index (χ0v) is 13.7. The number of alkyl carbamates (subject to hydrolysis) is 1. The molecule has 0 radical (unpaired) electrons. The average Bonchev–Trinajstić information content (AvgIpc) is 2.44. The number of hydrogen-bond donors (Lipinski definition) is 2. The second-order valence-electron chi connectivity index (χ2n) is 5.49. The number of carbonyl (C=O) groups excluding carboxylic acids is 1. The van der Waals surface area contributed by atoms with E-state index in [-0.39, 0.29) is 12.5 Å². The van der Waals surface area contributed by atoms with Crippen LogP contribution in [0.3, 0.4) is 0 Å². The Hall–Kier alpha value is -2.13. The lowest BCUT2D eigenvalue weighted by atomic mass is 10.0. The van der Waals surface area contributed by atoms with E-state index in [1.54, 1.807) is 0 Å². The molecular formula is C15H18F6N2O2. The first-order valence-corrected chi connectivity index (χ1v) is 7.30. The molecule has 0 aliphatic carbocycles. The summed E-state index contributed by atoms with van der Waals surface area (Å²) in [5, 5.41) is 2.24.